The van der Waals surface area contributed by atoms with Gasteiger partial charge < -0.3 is 0 Å². The molecule has 0 aromatic carbocycles. The monoisotopic (exact) mass is 266 g/mol. The second-order valence-electron chi connectivity index (χ2n) is 7.22. The van der Waals surface area contributed by atoms with E-state index in [2.05, 4.69) is 19.6 Å². The molecular weight excluding hydrogens is 228 g/mol. The van der Waals surface area contributed by atoms with Gasteiger partial charge in [-0.25, -0.2) is 0 Å². The molecule has 0 amide bonds. The smallest absolute Gasteiger partial charge is 0 e. The third kappa shape index (κ3) is 4.65. The molecule has 2 rings (SSSR count). The number of allylic oxidation sites excluding steroid dienone is 1. The minimum atomic E-state index is 0. The Kier molecular flexibility index (Phi) is 6.47. The molecule has 0 bridgehead atoms. The van der Waals surface area contributed by atoms with Gasteiger partial charge in [0.1, 0.15) is 0 Å². The van der Waals surface area contributed by atoms with Crippen molar-refractivity contribution in [1.82, 2.24) is 0 Å². The first-order valence-electron chi connectivity index (χ1n) is 8.94. The van der Waals surface area contributed by atoms with E-state index in [0.717, 1.165) is 23.7 Å². The molecule has 0 heterocycles. The van der Waals surface area contributed by atoms with Crippen molar-refractivity contribution in [2.75, 3.05) is 0 Å². The van der Waals surface area contributed by atoms with Gasteiger partial charge in [0.25, 0.3) is 0 Å². The molecule has 114 valence electrons. The molecule has 0 atom stereocenters. The van der Waals surface area contributed by atoms with Gasteiger partial charge in [-0.3, -0.25) is 0 Å². The highest BCUT2D eigenvalue weighted by Crippen LogP contribution is 2.42. The van der Waals surface area contributed by atoms with Gasteiger partial charge in [-0.1, -0.05) is 51.5 Å². The summed E-state index contributed by atoms with van der Waals surface area (Å²) in [5.74, 6) is 4.27. The maximum Gasteiger partial charge on any atom is 0 e. The highest BCUT2D eigenvalue weighted by Gasteiger charge is 2.30. The van der Waals surface area contributed by atoms with Gasteiger partial charge >= 0.3 is 0 Å². The van der Waals surface area contributed by atoms with E-state index in [9.17, 15) is 0 Å². The Hall–Kier alpha value is -0.260. The lowest BCUT2D eigenvalue weighted by molar-refractivity contribution is 0.141. The molecule has 0 nitrogen and oxygen atoms in total. The summed E-state index contributed by atoms with van der Waals surface area (Å²) in [5, 5.41) is 0. The molecule has 2 saturated carbocycles. The molecule has 0 saturated heterocycles. The predicted octanol–water partition coefficient (Wildman–Crippen LogP) is 6.86. The quantitative estimate of drug-likeness (QED) is 0.461. The van der Waals surface area contributed by atoms with Crippen LogP contribution in [0.15, 0.2) is 12.7 Å². The summed E-state index contributed by atoms with van der Waals surface area (Å²) in [6, 6.07) is 0. The normalized spacial score (nSPS) is 36.1. The summed E-state index contributed by atoms with van der Waals surface area (Å²) in [7, 11) is 0. The zero-order valence-electron chi connectivity index (χ0n) is 13.1. The van der Waals surface area contributed by atoms with Crippen molar-refractivity contribution in [2.45, 2.75) is 84.0 Å². The standard InChI is InChI=1S/C19H34.2H2/c1-3-5-7-17-10-14-19(15-11-17)18-12-8-16(6-4-2)9-13-18;;/h3,16-19H,1,4-15H2,2H3;2*1H. The largest absolute Gasteiger partial charge is 0.103 e. The van der Waals surface area contributed by atoms with Gasteiger partial charge in [0.15, 0.2) is 0 Å². The lowest BCUT2D eigenvalue weighted by Gasteiger charge is -2.38. The Balaban J connectivity index is 0.00000200. The van der Waals surface area contributed by atoms with Crippen LogP contribution < -0.4 is 0 Å². The van der Waals surface area contributed by atoms with Crippen LogP contribution in [-0.4, -0.2) is 0 Å². The lowest BCUT2D eigenvalue weighted by atomic mass is 9.68. The van der Waals surface area contributed by atoms with Gasteiger partial charge in [-0.2, -0.15) is 0 Å². The fourth-order valence-electron chi connectivity index (χ4n) is 4.66. The van der Waals surface area contributed by atoms with Crippen LogP contribution in [-0.2, 0) is 0 Å². The van der Waals surface area contributed by atoms with Crippen molar-refractivity contribution in [3.63, 3.8) is 0 Å². The molecular formula is C19H38. The molecule has 0 unspecified atom stereocenters. The van der Waals surface area contributed by atoms with E-state index in [1.165, 1.54) is 64.2 Å². The topological polar surface area (TPSA) is 0 Å². The van der Waals surface area contributed by atoms with Crippen LogP contribution in [0.2, 0.25) is 0 Å². The van der Waals surface area contributed by atoms with Crippen LogP contribution in [0.3, 0.4) is 0 Å². The maximum atomic E-state index is 3.86. The van der Waals surface area contributed by atoms with E-state index >= 15 is 0 Å². The molecule has 2 aliphatic carbocycles. The summed E-state index contributed by atoms with van der Waals surface area (Å²) >= 11 is 0. The van der Waals surface area contributed by atoms with E-state index in [1.807, 2.05) is 0 Å². The molecule has 0 aliphatic heterocycles. The second-order valence-corrected chi connectivity index (χ2v) is 7.22. The lowest BCUT2D eigenvalue weighted by Crippen LogP contribution is -2.25. The number of hydrogen-bond acceptors (Lipinski definition) is 0. The van der Waals surface area contributed by atoms with Crippen molar-refractivity contribution in [3.8, 4) is 0 Å². The highest BCUT2D eigenvalue weighted by atomic mass is 14.4. The zero-order valence-corrected chi connectivity index (χ0v) is 13.1. The van der Waals surface area contributed by atoms with Gasteiger partial charge in [0.2, 0.25) is 0 Å². The summed E-state index contributed by atoms with van der Waals surface area (Å²) in [6.07, 6.45) is 19.9. The number of rotatable bonds is 6. The van der Waals surface area contributed by atoms with Crippen LogP contribution >= 0.6 is 0 Å². The predicted molar refractivity (Wildman–Crippen MR) is 89.5 cm³/mol. The Bertz CT molecular complexity index is 248. The van der Waals surface area contributed by atoms with Gasteiger partial charge in [-0.05, 0) is 62.2 Å². The van der Waals surface area contributed by atoms with Crippen LogP contribution in [0.5, 0.6) is 0 Å². The maximum absolute atomic E-state index is 3.86. The summed E-state index contributed by atoms with van der Waals surface area (Å²) < 4.78 is 0. The Morgan fingerprint density at radius 3 is 1.74 bits per heavy atom. The molecule has 0 aromatic rings. The van der Waals surface area contributed by atoms with Crippen molar-refractivity contribution in [2.24, 2.45) is 23.7 Å². The first-order valence-corrected chi connectivity index (χ1v) is 8.94. The minimum absolute atomic E-state index is 0. The fraction of sp³-hybridized carbons (Fsp3) is 0.895. The third-order valence-corrected chi connectivity index (χ3v) is 5.93. The zero-order chi connectivity index (χ0) is 13.5. The SMILES string of the molecule is C=CCCC1CCC(C2CCC(CCC)CC2)CC1.[HH].[HH]. The average molecular weight is 267 g/mol. The molecule has 2 fully saturated rings. The van der Waals surface area contributed by atoms with Crippen LogP contribution in [0.25, 0.3) is 0 Å². The molecule has 0 N–H and O–H groups in total. The first kappa shape index (κ1) is 15.1. The van der Waals surface area contributed by atoms with Gasteiger partial charge in [0, 0.05) is 2.85 Å². The highest BCUT2D eigenvalue weighted by molar-refractivity contribution is 4.82. The Morgan fingerprint density at radius 1 is 0.842 bits per heavy atom. The molecule has 0 aromatic heterocycles. The Morgan fingerprint density at radius 2 is 1.32 bits per heavy atom. The minimum Gasteiger partial charge on any atom is -0.103 e. The van der Waals surface area contributed by atoms with Crippen molar-refractivity contribution < 1.29 is 2.85 Å². The summed E-state index contributed by atoms with van der Waals surface area (Å²) in [5.41, 5.74) is 0. The Labute approximate surface area is 124 Å². The van der Waals surface area contributed by atoms with Crippen LogP contribution in [0, 0.1) is 23.7 Å². The van der Waals surface area contributed by atoms with E-state index in [0.29, 0.717) is 0 Å². The molecule has 0 spiro atoms. The second kappa shape index (κ2) is 8.12. The average Bonchev–Trinajstić information content (AvgIpc) is 2.47. The summed E-state index contributed by atoms with van der Waals surface area (Å²) in [6.45, 7) is 6.20. The fourth-order valence-corrected chi connectivity index (χ4v) is 4.66. The van der Waals surface area contributed by atoms with Crippen molar-refractivity contribution in [1.29, 1.82) is 0 Å². The number of hydrogen-bond donors (Lipinski definition) is 0. The van der Waals surface area contributed by atoms with Crippen LogP contribution in [0.4, 0.5) is 0 Å². The molecule has 0 heteroatoms. The van der Waals surface area contributed by atoms with Gasteiger partial charge in [0.05, 0.1) is 0 Å². The van der Waals surface area contributed by atoms with E-state index < -0.39 is 0 Å². The van der Waals surface area contributed by atoms with Gasteiger partial charge in [-0.15, -0.1) is 6.58 Å². The third-order valence-electron chi connectivity index (χ3n) is 5.93. The summed E-state index contributed by atoms with van der Waals surface area (Å²) in [4.78, 5) is 0. The molecule has 19 heavy (non-hydrogen) atoms. The molecule has 0 radical (unpaired) electrons. The van der Waals surface area contributed by atoms with Crippen molar-refractivity contribution >= 4 is 0 Å². The van der Waals surface area contributed by atoms with E-state index in [4.69, 9.17) is 0 Å². The van der Waals surface area contributed by atoms with E-state index in [1.54, 1.807) is 12.8 Å². The van der Waals surface area contributed by atoms with Crippen LogP contribution in [0.1, 0.15) is 86.8 Å². The first-order chi connectivity index (χ1) is 9.33. The van der Waals surface area contributed by atoms with E-state index in [-0.39, 0.29) is 2.85 Å². The molecule has 2 aliphatic rings. The van der Waals surface area contributed by atoms with Crippen molar-refractivity contribution in [3.05, 3.63) is 12.7 Å².